The lowest BCUT2D eigenvalue weighted by Gasteiger charge is -1.96. The second kappa shape index (κ2) is 14.3. The van der Waals surface area contributed by atoms with Crippen molar-refractivity contribution in [2.75, 3.05) is 13.2 Å². The summed E-state index contributed by atoms with van der Waals surface area (Å²) in [4.78, 5) is 29.6. The molecule has 0 aromatic heterocycles. The number of rotatable bonds is 3. The van der Waals surface area contributed by atoms with Gasteiger partial charge in [-0.05, 0) is 0 Å². The van der Waals surface area contributed by atoms with Gasteiger partial charge in [0.05, 0.1) is 13.2 Å². The Kier molecular flexibility index (Phi) is 14.5. The molecule has 0 atom stereocenters. The number of hydrogen-bond acceptors (Lipinski definition) is 7. The number of esters is 2. The zero-order valence-electron chi connectivity index (χ0n) is 11.9. The van der Waals surface area contributed by atoms with E-state index in [1.54, 1.807) is 12.1 Å². The third-order valence-corrected chi connectivity index (χ3v) is 1.64. The summed E-state index contributed by atoms with van der Waals surface area (Å²) in [6.07, 6.45) is -0.120. The molecule has 1 rings (SSSR count). The first kappa shape index (κ1) is 21.2. The van der Waals surface area contributed by atoms with Gasteiger partial charge in [-0.1, -0.05) is 30.3 Å². The van der Waals surface area contributed by atoms with Crippen LogP contribution in [0.3, 0.4) is 0 Å². The highest BCUT2D eigenvalue weighted by Crippen LogP contribution is 1.91. The fourth-order valence-corrected chi connectivity index (χ4v) is 0.792. The molecule has 7 nitrogen and oxygen atoms in total. The summed E-state index contributed by atoms with van der Waals surface area (Å²) in [5, 5.41) is 24.0. The summed E-state index contributed by atoms with van der Waals surface area (Å²) >= 11 is 0. The molecule has 0 unspecified atom stereocenters. The van der Waals surface area contributed by atoms with Gasteiger partial charge in [-0.15, -0.1) is 0 Å². The number of aliphatic hydroxyl groups excluding tert-OH is 3. The van der Waals surface area contributed by atoms with Gasteiger partial charge in [0, 0.05) is 19.4 Å². The molecule has 0 heterocycles. The molecule has 0 bridgehead atoms. The highest BCUT2D eigenvalue weighted by molar-refractivity contribution is 5.82. The normalized spacial score (nSPS) is 8.67. The molecule has 0 spiro atoms. The van der Waals surface area contributed by atoms with E-state index in [0.29, 0.717) is 0 Å². The first-order valence-electron chi connectivity index (χ1n) is 5.96. The second-order valence-electron chi connectivity index (χ2n) is 3.63. The highest BCUT2D eigenvalue weighted by atomic mass is 16.6. The lowest BCUT2D eigenvalue weighted by molar-refractivity contribution is -0.156. The van der Waals surface area contributed by atoms with Crippen molar-refractivity contribution in [3.63, 3.8) is 0 Å². The van der Waals surface area contributed by atoms with Crippen molar-refractivity contribution >= 4 is 18.2 Å². The topological polar surface area (TPSA) is 121 Å². The van der Waals surface area contributed by atoms with Crippen molar-refractivity contribution < 1.29 is 34.4 Å². The Hall–Kier alpha value is -2.09. The molecule has 0 saturated carbocycles. The average molecular weight is 300 g/mol. The van der Waals surface area contributed by atoms with Crippen molar-refractivity contribution in [3.05, 3.63) is 35.9 Å². The third kappa shape index (κ3) is 17.9. The Bertz CT molecular complexity index is 387. The van der Waals surface area contributed by atoms with Crippen molar-refractivity contribution in [1.82, 2.24) is 0 Å². The minimum atomic E-state index is -0.954. The minimum absolute atomic E-state index is 0.365. The molecule has 0 aliphatic rings. The molecule has 0 aliphatic heterocycles. The Morgan fingerprint density at radius 1 is 1.10 bits per heavy atom. The van der Waals surface area contributed by atoms with Crippen LogP contribution in [0.15, 0.2) is 30.3 Å². The van der Waals surface area contributed by atoms with Crippen LogP contribution < -0.4 is 0 Å². The van der Waals surface area contributed by atoms with Crippen molar-refractivity contribution in [2.24, 2.45) is 0 Å². The third-order valence-electron chi connectivity index (χ3n) is 1.64. The number of carbonyl (C=O) groups excluding carboxylic acids is 3. The van der Waals surface area contributed by atoms with Gasteiger partial charge in [0.2, 0.25) is 0 Å². The summed E-state index contributed by atoms with van der Waals surface area (Å²) < 4.78 is 3.97. The predicted molar refractivity (Wildman–Crippen MR) is 74.5 cm³/mol. The molecule has 21 heavy (non-hydrogen) atoms. The van der Waals surface area contributed by atoms with E-state index in [4.69, 9.17) is 15.3 Å². The maximum atomic E-state index is 10.0. The Morgan fingerprint density at radius 3 is 1.67 bits per heavy atom. The van der Waals surface area contributed by atoms with Gasteiger partial charge >= 0.3 is 11.9 Å². The number of hydrogen-bond donors (Lipinski definition) is 3. The number of benzene rings is 1. The Balaban J connectivity index is 0. The molecule has 118 valence electrons. The first-order valence-corrected chi connectivity index (χ1v) is 5.96. The molecule has 7 heteroatoms. The van der Waals surface area contributed by atoms with Gasteiger partial charge in [0.15, 0.2) is 0 Å². The van der Waals surface area contributed by atoms with Crippen LogP contribution in [0.4, 0.5) is 0 Å². The van der Waals surface area contributed by atoms with Crippen LogP contribution in [0.25, 0.3) is 0 Å². The largest absolute Gasteiger partial charge is 0.394 e. The van der Waals surface area contributed by atoms with Crippen molar-refractivity contribution in [1.29, 1.82) is 0 Å². The van der Waals surface area contributed by atoms with Crippen molar-refractivity contribution in [3.8, 4) is 0 Å². The highest BCUT2D eigenvalue weighted by Gasteiger charge is 1.94. The van der Waals surface area contributed by atoms with E-state index in [1.807, 2.05) is 18.2 Å². The molecule has 1 aromatic rings. The molecule has 1 aromatic carbocycles. The number of ether oxygens (including phenoxy) is 1. The lowest BCUT2D eigenvalue weighted by Crippen LogP contribution is -2.15. The fraction of sp³-hybridized carbons (Fsp3) is 0.357. The van der Waals surface area contributed by atoms with Crippen LogP contribution in [0.5, 0.6) is 0 Å². The minimum Gasteiger partial charge on any atom is -0.394 e. The van der Waals surface area contributed by atoms with Gasteiger partial charge in [0.1, 0.15) is 12.4 Å². The van der Waals surface area contributed by atoms with Gasteiger partial charge in [-0.3, -0.25) is 14.4 Å². The number of carbonyl (C=O) groups is 3. The maximum Gasteiger partial charge on any atom is 0.310 e. The Morgan fingerprint density at radius 2 is 1.52 bits per heavy atom. The van der Waals surface area contributed by atoms with E-state index >= 15 is 0 Å². The Labute approximate surface area is 122 Å². The van der Waals surface area contributed by atoms with E-state index in [1.165, 1.54) is 13.8 Å². The SMILES string of the molecule is CC(=O)OC(C)=O.O=Cc1ccccc1.OCC(O)CO. The summed E-state index contributed by atoms with van der Waals surface area (Å²) in [6, 6.07) is 9.10. The zero-order chi connectivity index (χ0) is 16.7. The molecular weight excluding hydrogens is 280 g/mol. The number of aldehydes is 1. The summed E-state index contributed by atoms with van der Waals surface area (Å²) in [7, 11) is 0. The van der Waals surface area contributed by atoms with Crippen LogP contribution in [0.2, 0.25) is 0 Å². The molecule has 0 fully saturated rings. The zero-order valence-corrected chi connectivity index (χ0v) is 11.9. The molecule has 0 amide bonds. The monoisotopic (exact) mass is 300 g/mol. The molecule has 3 N–H and O–H groups in total. The smallest absolute Gasteiger partial charge is 0.310 e. The van der Waals surface area contributed by atoms with Crippen LogP contribution in [0.1, 0.15) is 24.2 Å². The summed E-state index contributed by atoms with van der Waals surface area (Å²) in [5.41, 5.74) is 0.729. The molecule has 0 saturated heterocycles. The molecule has 0 aliphatic carbocycles. The molecular formula is C14H20O7. The second-order valence-corrected chi connectivity index (χ2v) is 3.63. The summed E-state index contributed by atoms with van der Waals surface area (Å²) in [6.45, 7) is 1.63. The number of aliphatic hydroxyl groups is 3. The fourth-order valence-electron chi connectivity index (χ4n) is 0.792. The standard InChI is InChI=1S/C7H6O.C4H6O3.C3H8O3/c8-6-7-4-2-1-3-5-7;1-3(5)7-4(2)6;4-1-3(6)2-5/h1-6H;1-2H3;3-6H,1-2H2. The van der Waals surface area contributed by atoms with Crippen LogP contribution in [-0.4, -0.2) is 52.9 Å². The lowest BCUT2D eigenvalue weighted by atomic mass is 10.2. The van der Waals surface area contributed by atoms with Gasteiger partial charge < -0.3 is 20.1 Å². The first-order chi connectivity index (χ1) is 9.87. The van der Waals surface area contributed by atoms with Crippen molar-refractivity contribution in [2.45, 2.75) is 20.0 Å². The van der Waals surface area contributed by atoms with Gasteiger partial charge in [0.25, 0.3) is 0 Å². The van der Waals surface area contributed by atoms with E-state index in [-0.39, 0.29) is 13.2 Å². The van der Waals surface area contributed by atoms with Crippen LogP contribution >= 0.6 is 0 Å². The van der Waals surface area contributed by atoms with Gasteiger partial charge in [-0.25, -0.2) is 0 Å². The van der Waals surface area contributed by atoms with E-state index in [9.17, 15) is 14.4 Å². The van der Waals surface area contributed by atoms with E-state index < -0.39 is 18.0 Å². The summed E-state index contributed by atoms with van der Waals surface area (Å²) in [5.74, 6) is -1.12. The van der Waals surface area contributed by atoms with Crippen LogP contribution in [0, 0.1) is 0 Å². The van der Waals surface area contributed by atoms with E-state index in [0.717, 1.165) is 11.8 Å². The van der Waals surface area contributed by atoms with Gasteiger partial charge in [-0.2, -0.15) is 0 Å². The predicted octanol–water partition coefficient (Wildman–Crippen LogP) is -0.0730. The quantitative estimate of drug-likeness (QED) is 0.406. The average Bonchev–Trinajstić information content (AvgIpc) is 2.47. The molecule has 0 radical (unpaired) electrons. The van der Waals surface area contributed by atoms with E-state index in [2.05, 4.69) is 4.74 Å². The maximum absolute atomic E-state index is 10.0. The van der Waals surface area contributed by atoms with Crippen LogP contribution in [-0.2, 0) is 14.3 Å².